The third-order valence-corrected chi connectivity index (χ3v) is 34.5. The van der Waals surface area contributed by atoms with Crippen molar-refractivity contribution in [2.24, 2.45) is 0 Å². The molecule has 0 saturated heterocycles. The van der Waals surface area contributed by atoms with Gasteiger partial charge in [0.1, 0.15) is 23.0 Å². The topological polar surface area (TPSA) is 36.9 Å². The monoisotopic (exact) mass is 1740 g/mol. The molecule has 4 unspecified atom stereocenters. The molecule has 0 bridgehead atoms. The molecular formula is C114H96Cl2O4Si2Zr-4. The van der Waals surface area contributed by atoms with Gasteiger partial charge in [0.05, 0.1) is 28.4 Å². The van der Waals surface area contributed by atoms with Gasteiger partial charge >= 0.3 is 37.9 Å². The van der Waals surface area contributed by atoms with Crippen molar-refractivity contribution < 1.29 is 39.8 Å². The first-order valence-corrected chi connectivity index (χ1v) is 55.2. The van der Waals surface area contributed by atoms with Crippen molar-refractivity contribution in [2.45, 2.75) is 112 Å². The van der Waals surface area contributed by atoms with E-state index in [0.717, 1.165) is 23.0 Å². The summed E-state index contributed by atoms with van der Waals surface area (Å²) >= 11 is -0.826. The van der Waals surface area contributed by atoms with Crippen LogP contribution in [0.3, 0.4) is 0 Å². The van der Waals surface area contributed by atoms with E-state index in [1.54, 1.807) is 43.0 Å². The Morgan fingerprint density at radius 1 is 0.260 bits per heavy atom. The van der Waals surface area contributed by atoms with E-state index in [1.165, 1.54) is 204 Å². The molecule has 0 heterocycles. The second kappa shape index (κ2) is 32.4. The van der Waals surface area contributed by atoms with Crippen LogP contribution in [0.1, 0.15) is 188 Å². The predicted octanol–water partition coefficient (Wildman–Crippen LogP) is 27.2. The number of halogens is 2. The zero-order valence-corrected chi connectivity index (χ0v) is 76.6. The summed E-state index contributed by atoms with van der Waals surface area (Å²) in [6.45, 7) is 5.34. The molecule has 8 aliphatic rings. The zero-order chi connectivity index (χ0) is 82.8. The van der Waals surface area contributed by atoms with Gasteiger partial charge in [0.25, 0.3) is 0 Å². The molecule has 123 heavy (non-hydrogen) atoms. The van der Waals surface area contributed by atoms with Gasteiger partial charge in [-0.05, 0) is 164 Å². The van der Waals surface area contributed by atoms with Crippen molar-refractivity contribution in [1.29, 1.82) is 0 Å². The van der Waals surface area contributed by atoms with E-state index >= 15 is 0 Å². The third kappa shape index (κ3) is 13.2. The van der Waals surface area contributed by atoms with Crippen molar-refractivity contribution in [3.05, 3.63) is 380 Å². The van der Waals surface area contributed by atoms with E-state index in [1.807, 2.05) is 28.4 Å². The van der Waals surface area contributed by atoms with Crippen LogP contribution in [0, 0.1) is 0 Å². The van der Waals surface area contributed by atoms with Gasteiger partial charge in [-0.15, -0.1) is 91.6 Å². The second-order valence-electron chi connectivity index (χ2n) is 35.2. The Hall–Kier alpha value is -10.9. The van der Waals surface area contributed by atoms with E-state index in [9.17, 15) is 0 Å². The van der Waals surface area contributed by atoms with Gasteiger partial charge in [-0.1, -0.05) is 256 Å². The molecule has 9 heteroatoms. The van der Waals surface area contributed by atoms with Gasteiger partial charge in [-0.3, -0.25) is 0 Å². The molecule has 24 rings (SSSR count). The fourth-order valence-corrected chi connectivity index (χ4v) is 29.7. The zero-order valence-electron chi connectivity index (χ0n) is 70.3. The van der Waals surface area contributed by atoms with Crippen LogP contribution < -0.4 is 39.7 Å². The molecular weight excluding hydrogens is 1650 g/mol. The van der Waals surface area contributed by atoms with Crippen LogP contribution >= 0.6 is 17.0 Å². The number of benzene rings is 12. The molecule has 4 fully saturated rings. The molecule has 0 spiro atoms. The molecule has 0 radical (unpaired) electrons. The van der Waals surface area contributed by atoms with Crippen molar-refractivity contribution in [1.82, 2.24) is 0 Å². The van der Waals surface area contributed by atoms with Gasteiger partial charge in [-0.2, -0.15) is 68.8 Å². The van der Waals surface area contributed by atoms with Crippen LogP contribution in [0.4, 0.5) is 0 Å². The van der Waals surface area contributed by atoms with Crippen molar-refractivity contribution in [3.63, 3.8) is 0 Å². The number of rotatable bonds is 16. The number of allylic oxidation sites excluding steroid dienone is 12. The summed E-state index contributed by atoms with van der Waals surface area (Å²) < 4.78 is 24.6. The number of hydrogen-bond acceptors (Lipinski definition) is 4. The first kappa shape index (κ1) is 78.1. The summed E-state index contributed by atoms with van der Waals surface area (Å²) in [5.41, 5.74) is 23.8. The van der Waals surface area contributed by atoms with Crippen LogP contribution in [0.15, 0.2) is 291 Å². The Morgan fingerprint density at radius 3 is 0.577 bits per heavy atom. The van der Waals surface area contributed by atoms with E-state index < -0.39 is 38.4 Å². The van der Waals surface area contributed by atoms with Gasteiger partial charge < -0.3 is 18.9 Å². The molecule has 0 N–H and O–H groups in total. The number of ether oxygens (including phenoxy) is 4. The minimum atomic E-state index is -1.77. The molecule has 16 aromatic carbocycles. The predicted molar refractivity (Wildman–Crippen MR) is 524 cm³/mol. The van der Waals surface area contributed by atoms with Crippen molar-refractivity contribution in [2.75, 3.05) is 28.4 Å². The van der Waals surface area contributed by atoms with E-state index in [0.29, 0.717) is 23.7 Å². The normalized spacial score (nSPS) is 18.5. The first-order chi connectivity index (χ1) is 60.7. The van der Waals surface area contributed by atoms with Gasteiger partial charge in [0, 0.05) is 60.7 Å². The molecule has 0 amide bonds. The first-order valence-electron chi connectivity index (χ1n) is 44.3. The summed E-state index contributed by atoms with van der Waals surface area (Å²) in [5.74, 6) is 6.90. The minimum absolute atomic E-state index is 0.118. The molecule has 0 aliphatic heterocycles. The summed E-state index contributed by atoms with van der Waals surface area (Å²) in [5, 5.41) is 26.3. The molecule has 4 saturated carbocycles. The quantitative estimate of drug-likeness (QED) is 0.0549. The second-order valence-corrected chi connectivity index (χ2v) is 44.1. The maximum absolute atomic E-state index is 6.15. The van der Waals surface area contributed by atoms with Gasteiger partial charge in [0.2, 0.25) is 0 Å². The Labute approximate surface area is 742 Å². The Morgan fingerprint density at radius 2 is 0.423 bits per heavy atom. The van der Waals surface area contributed by atoms with E-state index in [-0.39, 0.29) is 23.7 Å². The molecule has 0 aromatic heterocycles. The summed E-state index contributed by atoms with van der Waals surface area (Å²) in [7, 11) is 13.6. The van der Waals surface area contributed by atoms with Crippen molar-refractivity contribution in [3.8, 4) is 23.0 Å². The average Bonchev–Trinajstić information content (AvgIpc) is 1.62. The van der Waals surface area contributed by atoms with Crippen LogP contribution in [0.2, 0.25) is 13.1 Å². The van der Waals surface area contributed by atoms with Gasteiger partial charge in [-0.25, -0.2) is 0 Å². The molecule has 606 valence electrons. The Kier molecular flexibility index (Phi) is 20.6. The Bertz CT molecular complexity index is 6160. The van der Waals surface area contributed by atoms with E-state index in [2.05, 4.69) is 329 Å². The SMILES string of the molecule is COc1c2ccccc2c(C2C=CC=Cc3c2cc(C2CC2)[c-]3[SiH](C)[c-]2c(C3CC3)cc3c2C=CC=CC3c2c3ccccc3c(OC)c3ccccc23)c2ccccc12.COc1c2ccccc2c(C2C=CC=Cc3c2cc(C2CC2)[c-]3[SiH](C)[c-]2c(C3CC3)cc3c2C=CC=CC3c2c3ccccc3c(OC)c3ccccc23)c2ccccc12.[Cl][Zr][Cl]. The van der Waals surface area contributed by atoms with Crippen LogP contribution in [-0.4, -0.2) is 46.0 Å². The molecule has 8 aliphatic carbocycles. The molecule has 4 nitrogen and oxygen atoms in total. The number of methoxy groups -OCH3 is 4. The van der Waals surface area contributed by atoms with Gasteiger partial charge in [0.15, 0.2) is 0 Å². The molecule has 4 atom stereocenters. The molecule has 16 aromatic rings. The maximum atomic E-state index is 6.15. The van der Waals surface area contributed by atoms with Crippen LogP contribution in [0.25, 0.3) is 110 Å². The van der Waals surface area contributed by atoms with Crippen LogP contribution in [-0.2, 0) is 20.8 Å². The fourth-order valence-electron chi connectivity index (χ4n) is 22.9. The van der Waals surface area contributed by atoms with Crippen molar-refractivity contribution >= 4 is 166 Å². The fraction of sp³-hybridized carbons (Fsp3) is 0.193. The van der Waals surface area contributed by atoms with Crippen LogP contribution in [0.5, 0.6) is 23.0 Å². The summed E-state index contributed by atoms with van der Waals surface area (Å²) in [6, 6.07) is 81.7. The summed E-state index contributed by atoms with van der Waals surface area (Å²) in [6.07, 6.45) is 48.5. The number of fused-ring (bicyclic) bond motifs is 12. The Balaban J connectivity index is 0.000000142. The number of hydrogen-bond donors (Lipinski definition) is 0. The third-order valence-electron chi connectivity index (χ3n) is 28.5. The van der Waals surface area contributed by atoms with E-state index in [4.69, 9.17) is 36.0 Å². The average molecular weight is 1750 g/mol. The standard InChI is InChI=1S/2C57H48O2Si.2ClH.Zr/c2*1-58-54-42-22-10-4-16-36(42)52(37-17-5-11-23-43(37)54)40-20-8-14-26-46-50(40)32-48(34-28-29-34)56(46)60(3)57-47-27-15-9-21-41(51(47)33-49(57)35-30-31-35)53-38-18-6-12-24-44(38)55(59-2)45-25-13-7-19-39(45)53;;;/h2*4-27,32-35,40-41,60H,28-31H2,1-3H3;2*1H;/q2*-2;;;+2/p-2. The summed E-state index contributed by atoms with van der Waals surface area (Å²) in [4.78, 5) is 0.